The van der Waals surface area contributed by atoms with Crippen LogP contribution >= 0.6 is 0 Å². The third-order valence-electron chi connectivity index (χ3n) is 5.30. The van der Waals surface area contributed by atoms with Crippen LogP contribution in [-0.4, -0.2) is 41.5 Å². The number of likely N-dealkylation sites (tertiary alicyclic amines) is 1. The molecule has 2 aromatic carbocycles. The monoisotopic (exact) mass is 395 g/mol. The molecule has 1 amide bonds. The third kappa shape index (κ3) is 4.51. The van der Waals surface area contributed by atoms with Crippen LogP contribution in [0.25, 0.3) is 0 Å². The molecule has 7 nitrogen and oxygen atoms in total. The molecule has 152 valence electrons. The van der Waals surface area contributed by atoms with Gasteiger partial charge in [-0.2, -0.15) is 5.10 Å². The molecule has 4 rings (SSSR count). The summed E-state index contributed by atoms with van der Waals surface area (Å²) < 4.78 is 10.6. The van der Waals surface area contributed by atoms with Crippen molar-refractivity contribution >= 4 is 11.6 Å². The smallest absolute Gasteiger partial charge is 0.271 e. The van der Waals surface area contributed by atoms with Crippen molar-refractivity contribution in [2.45, 2.75) is 32.7 Å². The van der Waals surface area contributed by atoms with Crippen LogP contribution in [0.3, 0.4) is 0 Å². The number of hydrazone groups is 1. The first-order chi connectivity index (χ1) is 14.1. The number of hydrogen-bond donors (Lipinski definition) is 2. The standard InChI is InChI=1S/C22H25N3O4/c1-15(23-24-22(27)17-6-8-20-21(12-17)29-14-28-20)16-5-7-19(26)18(11-16)13-25-9-3-2-4-10-25/h5-8,11-12,26H,2-4,9-10,13-14H2,1H3,(H,24,27)/b23-15+. The third-order valence-corrected chi connectivity index (χ3v) is 5.30. The number of phenolic OH excluding ortho intramolecular Hbond substituents is 1. The van der Waals surface area contributed by atoms with Gasteiger partial charge in [0, 0.05) is 17.7 Å². The van der Waals surface area contributed by atoms with Crippen molar-refractivity contribution in [3.05, 3.63) is 53.1 Å². The zero-order valence-corrected chi connectivity index (χ0v) is 16.5. The summed E-state index contributed by atoms with van der Waals surface area (Å²) in [6.07, 6.45) is 3.68. The zero-order chi connectivity index (χ0) is 20.2. The van der Waals surface area contributed by atoms with E-state index in [4.69, 9.17) is 9.47 Å². The van der Waals surface area contributed by atoms with Crippen LogP contribution in [-0.2, 0) is 6.54 Å². The van der Waals surface area contributed by atoms with E-state index in [1.807, 2.05) is 13.0 Å². The molecule has 29 heavy (non-hydrogen) atoms. The Balaban J connectivity index is 1.44. The molecule has 0 unspecified atom stereocenters. The van der Waals surface area contributed by atoms with Crippen LogP contribution in [0.2, 0.25) is 0 Å². The lowest BCUT2D eigenvalue weighted by atomic mass is 10.0. The van der Waals surface area contributed by atoms with Gasteiger partial charge < -0.3 is 14.6 Å². The van der Waals surface area contributed by atoms with Gasteiger partial charge in [0.15, 0.2) is 11.5 Å². The Hall–Kier alpha value is -3.06. The summed E-state index contributed by atoms with van der Waals surface area (Å²) >= 11 is 0. The van der Waals surface area contributed by atoms with Gasteiger partial charge in [0.2, 0.25) is 6.79 Å². The van der Waals surface area contributed by atoms with Gasteiger partial charge in [-0.15, -0.1) is 0 Å². The molecule has 2 aliphatic heterocycles. The average Bonchev–Trinajstić information content (AvgIpc) is 3.22. The minimum Gasteiger partial charge on any atom is -0.508 e. The first-order valence-electron chi connectivity index (χ1n) is 9.89. The highest BCUT2D eigenvalue weighted by Crippen LogP contribution is 2.32. The summed E-state index contributed by atoms with van der Waals surface area (Å²) in [6.45, 7) is 4.83. The van der Waals surface area contributed by atoms with Crippen molar-refractivity contribution in [3.63, 3.8) is 0 Å². The number of carbonyl (C=O) groups excluding carboxylic acids is 1. The number of benzene rings is 2. The van der Waals surface area contributed by atoms with Gasteiger partial charge in [-0.05, 0) is 74.8 Å². The van der Waals surface area contributed by atoms with E-state index < -0.39 is 0 Å². The lowest BCUT2D eigenvalue weighted by Crippen LogP contribution is -2.29. The predicted molar refractivity (Wildman–Crippen MR) is 109 cm³/mol. The molecule has 1 saturated heterocycles. The minimum atomic E-state index is -0.324. The van der Waals surface area contributed by atoms with Gasteiger partial charge >= 0.3 is 0 Å². The van der Waals surface area contributed by atoms with Gasteiger partial charge in [0.05, 0.1) is 5.71 Å². The van der Waals surface area contributed by atoms with Gasteiger partial charge in [0.1, 0.15) is 5.75 Å². The first kappa shape index (κ1) is 19.3. The van der Waals surface area contributed by atoms with E-state index in [1.165, 1.54) is 19.3 Å². The molecule has 0 radical (unpaired) electrons. The van der Waals surface area contributed by atoms with Crippen molar-refractivity contribution in [1.29, 1.82) is 0 Å². The summed E-state index contributed by atoms with van der Waals surface area (Å²) in [5.74, 6) is 1.15. The number of ether oxygens (including phenoxy) is 2. The highest BCUT2D eigenvalue weighted by molar-refractivity contribution is 6.01. The highest BCUT2D eigenvalue weighted by atomic mass is 16.7. The Kier molecular flexibility index (Phi) is 5.67. The topological polar surface area (TPSA) is 83.4 Å². The summed E-state index contributed by atoms with van der Waals surface area (Å²) in [5, 5.41) is 14.5. The van der Waals surface area contributed by atoms with Crippen LogP contribution in [0.5, 0.6) is 17.2 Å². The summed E-state index contributed by atoms with van der Waals surface area (Å²) in [5.41, 5.74) is 5.43. The van der Waals surface area contributed by atoms with E-state index in [9.17, 15) is 9.90 Å². The number of amides is 1. The van der Waals surface area contributed by atoms with E-state index in [0.29, 0.717) is 22.8 Å². The maximum atomic E-state index is 12.4. The fourth-order valence-electron chi connectivity index (χ4n) is 3.60. The maximum absolute atomic E-state index is 12.4. The van der Waals surface area contributed by atoms with E-state index in [0.717, 1.165) is 30.8 Å². The largest absolute Gasteiger partial charge is 0.508 e. The zero-order valence-electron chi connectivity index (χ0n) is 16.5. The molecule has 2 heterocycles. The van der Waals surface area contributed by atoms with Crippen LogP contribution in [0.4, 0.5) is 0 Å². The number of nitrogens with zero attached hydrogens (tertiary/aromatic N) is 2. The van der Waals surface area contributed by atoms with Crippen molar-refractivity contribution in [3.8, 4) is 17.2 Å². The molecule has 0 spiro atoms. The first-order valence-corrected chi connectivity index (χ1v) is 9.89. The Morgan fingerprint density at radius 2 is 1.83 bits per heavy atom. The molecular weight excluding hydrogens is 370 g/mol. The van der Waals surface area contributed by atoms with Gasteiger partial charge in [-0.3, -0.25) is 9.69 Å². The van der Waals surface area contributed by atoms with Crippen LogP contribution in [0.15, 0.2) is 41.5 Å². The number of fused-ring (bicyclic) bond motifs is 1. The van der Waals surface area contributed by atoms with Crippen LogP contribution in [0.1, 0.15) is 47.7 Å². The molecule has 2 aliphatic rings. The Morgan fingerprint density at radius 3 is 2.66 bits per heavy atom. The summed E-state index contributed by atoms with van der Waals surface area (Å²) in [7, 11) is 0. The highest BCUT2D eigenvalue weighted by Gasteiger charge is 2.16. The minimum absolute atomic E-state index is 0.165. The van der Waals surface area contributed by atoms with Crippen molar-refractivity contribution in [2.24, 2.45) is 5.10 Å². The molecule has 0 saturated carbocycles. The van der Waals surface area contributed by atoms with Gasteiger partial charge in [-0.1, -0.05) is 6.42 Å². The van der Waals surface area contributed by atoms with Gasteiger partial charge in [-0.25, -0.2) is 5.43 Å². The SMILES string of the molecule is C/C(=N\NC(=O)c1ccc2c(c1)OCO2)c1ccc(O)c(CN2CCCCC2)c1. The lowest BCUT2D eigenvalue weighted by Gasteiger charge is -2.26. The average molecular weight is 395 g/mol. The Bertz CT molecular complexity index is 936. The van der Waals surface area contributed by atoms with E-state index in [-0.39, 0.29) is 18.4 Å². The lowest BCUT2D eigenvalue weighted by molar-refractivity contribution is 0.0954. The van der Waals surface area contributed by atoms with E-state index in [1.54, 1.807) is 30.3 Å². The number of hydrogen-bond acceptors (Lipinski definition) is 6. The fraction of sp³-hybridized carbons (Fsp3) is 0.364. The Labute approximate surface area is 169 Å². The number of carbonyl (C=O) groups is 1. The van der Waals surface area contributed by atoms with Crippen molar-refractivity contribution < 1.29 is 19.4 Å². The summed E-state index contributed by atoms with van der Waals surface area (Å²) in [6, 6.07) is 10.5. The molecule has 2 N–H and O–H groups in total. The van der Waals surface area contributed by atoms with Crippen LogP contribution in [0, 0.1) is 0 Å². The number of nitrogens with one attached hydrogen (secondary N) is 1. The number of phenols is 1. The molecule has 0 bridgehead atoms. The van der Waals surface area contributed by atoms with E-state index in [2.05, 4.69) is 15.4 Å². The second-order valence-corrected chi connectivity index (χ2v) is 7.39. The maximum Gasteiger partial charge on any atom is 0.271 e. The molecule has 7 heteroatoms. The number of aromatic hydroxyl groups is 1. The summed E-state index contributed by atoms with van der Waals surface area (Å²) in [4.78, 5) is 14.8. The molecule has 2 aromatic rings. The molecular formula is C22H25N3O4. The molecule has 1 fully saturated rings. The molecule has 0 atom stereocenters. The van der Waals surface area contributed by atoms with Crippen molar-refractivity contribution in [2.75, 3.05) is 19.9 Å². The predicted octanol–water partition coefficient (Wildman–Crippen LogP) is 3.26. The number of piperidine rings is 1. The van der Waals surface area contributed by atoms with Gasteiger partial charge in [0.25, 0.3) is 5.91 Å². The second-order valence-electron chi connectivity index (χ2n) is 7.39. The molecule has 0 aliphatic carbocycles. The number of rotatable bonds is 5. The molecule has 0 aromatic heterocycles. The normalized spacial score (nSPS) is 16.7. The quantitative estimate of drug-likeness (QED) is 0.600. The van der Waals surface area contributed by atoms with Crippen LogP contribution < -0.4 is 14.9 Å². The van der Waals surface area contributed by atoms with Crippen molar-refractivity contribution in [1.82, 2.24) is 10.3 Å². The Morgan fingerprint density at radius 1 is 1.07 bits per heavy atom. The van der Waals surface area contributed by atoms with E-state index >= 15 is 0 Å². The second kappa shape index (κ2) is 8.53. The fourth-order valence-corrected chi connectivity index (χ4v) is 3.60.